The van der Waals surface area contributed by atoms with E-state index in [9.17, 15) is 18.3 Å². The van der Waals surface area contributed by atoms with Gasteiger partial charge in [-0.1, -0.05) is 41.9 Å². The van der Waals surface area contributed by atoms with E-state index in [0.29, 0.717) is 12.1 Å². The normalized spacial score (nSPS) is 17.3. The van der Waals surface area contributed by atoms with Crippen molar-refractivity contribution in [3.8, 4) is 5.75 Å². The molecule has 28 heavy (non-hydrogen) atoms. The summed E-state index contributed by atoms with van der Waals surface area (Å²) in [5.41, 5.74) is 3.17. The highest BCUT2D eigenvalue weighted by Crippen LogP contribution is 2.48. The van der Waals surface area contributed by atoms with Gasteiger partial charge in [0.05, 0.1) is 7.11 Å². The molecule has 2 aromatic carbocycles. The number of alkyl halides is 3. The molecule has 0 amide bonds. The number of aliphatic hydroxyl groups excluding tert-OH is 1. The van der Waals surface area contributed by atoms with E-state index in [2.05, 4.69) is 5.32 Å². The standard InChI is InChI=1S/C21H21ClF3NO2/c1-28-17-7-5-14(6-8-17)13-26-20(9-10-20)18(12-22)15-3-2-4-16(11-15)19(27)21(23,24)25/h2-8,11-12,19,26-27H,9-10,13H2,1H3/b18-12+. The van der Waals surface area contributed by atoms with Gasteiger partial charge in [0.15, 0.2) is 6.10 Å². The van der Waals surface area contributed by atoms with Crippen LogP contribution in [0.2, 0.25) is 0 Å². The molecule has 3 rings (SSSR count). The maximum absolute atomic E-state index is 12.8. The topological polar surface area (TPSA) is 41.5 Å². The lowest BCUT2D eigenvalue weighted by molar-refractivity contribution is -0.206. The quantitative estimate of drug-likeness (QED) is 0.658. The van der Waals surface area contributed by atoms with Crippen LogP contribution in [0.3, 0.4) is 0 Å². The summed E-state index contributed by atoms with van der Waals surface area (Å²) in [7, 11) is 1.60. The first-order valence-corrected chi connectivity index (χ1v) is 9.27. The average molecular weight is 412 g/mol. The molecule has 0 spiro atoms. The highest BCUT2D eigenvalue weighted by Gasteiger charge is 2.46. The summed E-state index contributed by atoms with van der Waals surface area (Å²) in [6, 6.07) is 13.5. The highest BCUT2D eigenvalue weighted by atomic mass is 35.5. The zero-order valence-electron chi connectivity index (χ0n) is 15.3. The molecule has 2 aromatic rings. The average Bonchev–Trinajstić information content (AvgIpc) is 3.47. The van der Waals surface area contributed by atoms with Crippen molar-refractivity contribution in [2.24, 2.45) is 0 Å². The zero-order valence-corrected chi connectivity index (χ0v) is 16.0. The monoisotopic (exact) mass is 411 g/mol. The van der Waals surface area contributed by atoms with E-state index in [1.165, 1.54) is 23.7 Å². The van der Waals surface area contributed by atoms with Gasteiger partial charge in [-0.3, -0.25) is 0 Å². The molecule has 1 aliphatic carbocycles. The van der Waals surface area contributed by atoms with Crippen LogP contribution < -0.4 is 10.1 Å². The van der Waals surface area contributed by atoms with Crippen LogP contribution in [0, 0.1) is 0 Å². The van der Waals surface area contributed by atoms with Gasteiger partial charge in [-0.2, -0.15) is 13.2 Å². The van der Waals surface area contributed by atoms with E-state index in [4.69, 9.17) is 16.3 Å². The molecule has 1 saturated carbocycles. The van der Waals surface area contributed by atoms with Crippen molar-refractivity contribution in [2.75, 3.05) is 7.11 Å². The number of aliphatic hydroxyl groups is 1. The van der Waals surface area contributed by atoms with Gasteiger partial charge in [0, 0.05) is 17.6 Å². The van der Waals surface area contributed by atoms with Gasteiger partial charge < -0.3 is 15.2 Å². The Morgan fingerprint density at radius 3 is 2.46 bits per heavy atom. The van der Waals surface area contributed by atoms with E-state index < -0.39 is 12.3 Å². The zero-order chi connectivity index (χ0) is 20.4. The van der Waals surface area contributed by atoms with Crippen LogP contribution in [0.5, 0.6) is 5.75 Å². The second kappa shape index (κ2) is 8.15. The summed E-state index contributed by atoms with van der Waals surface area (Å²) in [5.74, 6) is 0.770. The molecule has 2 N–H and O–H groups in total. The largest absolute Gasteiger partial charge is 0.497 e. The summed E-state index contributed by atoms with van der Waals surface area (Å²) in [6.07, 6.45) is -5.58. The summed E-state index contributed by atoms with van der Waals surface area (Å²) in [6.45, 7) is 0.586. The number of methoxy groups -OCH3 is 1. The first-order chi connectivity index (χ1) is 13.3. The number of benzene rings is 2. The Morgan fingerprint density at radius 1 is 1.25 bits per heavy atom. The fraction of sp³-hybridized carbons (Fsp3) is 0.333. The van der Waals surface area contributed by atoms with E-state index in [0.717, 1.165) is 29.7 Å². The first-order valence-electron chi connectivity index (χ1n) is 8.83. The van der Waals surface area contributed by atoms with Gasteiger partial charge in [0.25, 0.3) is 0 Å². The minimum absolute atomic E-state index is 0.202. The lowest BCUT2D eigenvalue weighted by atomic mass is 9.94. The molecule has 150 valence electrons. The molecule has 3 nitrogen and oxygen atoms in total. The summed E-state index contributed by atoms with van der Waals surface area (Å²) in [5, 5.41) is 13.0. The maximum atomic E-state index is 12.8. The van der Waals surface area contributed by atoms with Crippen LogP contribution in [-0.2, 0) is 6.54 Å². The van der Waals surface area contributed by atoms with E-state index in [1.54, 1.807) is 13.2 Å². The van der Waals surface area contributed by atoms with E-state index in [1.807, 2.05) is 24.3 Å². The fourth-order valence-corrected chi connectivity index (χ4v) is 3.52. The molecule has 1 unspecified atom stereocenters. The van der Waals surface area contributed by atoms with Crippen molar-refractivity contribution >= 4 is 17.2 Å². The van der Waals surface area contributed by atoms with Crippen LogP contribution in [0.4, 0.5) is 13.2 Å². The minimum Gasteiger partial charge on any atom is -0.497 e. The highest BCUT2D eigenvalue weighted by molar-refractivity contribution is 6.28. The first kappa shape index (κ1) is 20.7. The molecular formula is C21H21ClF3NO2. The number of hydrogen-bond donors (Lipinski definition) is 2. The van der Waals surface area contributed by atoms with Crippen LogP contribution in [0.1, 0.15) is 35.6 Å². The second-order valence-electron chi connectivity index (χ2n) is 6.88. The summed E-state index contributed by atoms with van der Waals surface area (Å²) < 4.78 is 43.7. The smallest absolute Gasteiger partial charge is 0.418 e. The van der Waals surface area contributed by atoms with E-state index >= 15 is 0 Å². The molecular weight excluding hydrogens is 391 g/mol. The molecule has 1 atom stereocenters. The molecule has 1 fully saturated rings. The fourth-order valence-electron chi connectivity index (χ4n) is 3.19. The van der Waals surface area contributed by atoms with Crippen molar-refractivity contribution in [2.45, 2.75) is 37.2 Å². The third kappa shape index (κ3) is 4.51. The molecule has 0 radical (unpaired) electrons. The third-order valence-corrected chi connectivity index (χ3v) is 5.21. The number of nitrogens with one attached hydrogen (secondary N) is 1. The number of rotatable bonds is 7. The Morgan fingerprint density at radius 2 is 1.93 bits per heavy atom. The van der Waals surface area contributed by atoms with Crippen molar-refractivity contribution in [1.29, 1.82) is 0 Å². The van der Waals surface area contributed by atoms with Crippen LogP contribution >= 0.6 is 11.6 Å². The van der Waals surface area contributed by atoms with Crippen molar-refractivity contribution in [3.05, 3.63) is 70.8 Å². The van der Waals surface area contributed by atoms with Crippen LogP contribution in [0.25, 0.3) is 5.57 Å². The molecule has 0 bridgehead atoms. The van der Waals surface area contributed by atoms with Crippen molar-refractivity contribution in [1.82, 2.24) is 5.32 Å². The number of hydrogen-bond acceptors (Lipinski definition) is 3. The maximum Gasteiger partial charge on any atom is 0.418 e. The predicted molar refractivity (Wildman–Crippen MR) is 103 cm³/mol. The van der Waals surface area contributed by atoms with E-state index in [-0.39, 0.29) is 11.1 Å². The minimum atomic E-state index is -4.71. The SMILES string of the molecule is COc1ccc(CNC2(/C(=C/Cl)c3cccc(C(O)C(F)(F)F)c3)CC2)cc1. The van der Waals surface area contributed by atoms with Crippen LogP contribution in [-0.4, -0.2) is 23.9 Å². The van der Waals surface area contributed by atoms with Crippen LogP contribution in [0.15, 0.2) is 54.1 Å². The van der Waals surface area contributed by atoms with Gasteiger partial charge in [0.1, 0.15) is 5.75 Å². The van der Waals surface area contributed by atoms with Crippen molar-refractivity contribution < 1.29 is 23.0 Å². The molecule has 0 saturated heterocycles. The van der Waals surface area contributed by atoms with Crippen molar-refractivity contribution in [3.63, 3.8) is 0 Å². The Labute approximate surface area is 166 Å². The Bertz CT molecular complexity index is 845. The van der Waals surface area contributed by atoms with Gasteiger partial charge >= 0.3 is 6.18 Å². The molecule has 0 aliphatic heterocycles. The lowest BCUT2D eigenvalue weighted by Crippen LogP contribution is -2.32. The molecule has 1 aliphatic rings. The number of halogens is 4. The molecule has 7 heteroatoms. The predicted octanol–water partition coefficient (Wildman–Crippen LogP) is 5.19. The summed E-state index contributed by atoms with van der Waals surface area (Å²) >= 11 is 6.07. The van der Waals surface area contributed by atoms with Gasteiger partial charge in [-0.05, 0) is 53.3 Å². The number of ether oxygens (including phenoxy) is 1. The van der Waals surface area contributed by atoms with Gasteiger partial charge in [0.2, 0.25) is 0 Å². The van der Waals surface area contributed by atoms with Gasteiger partial charge in [-0.25, -0.2) is 0 Å². The third-order valence-electron chi connectivity index (χ3n) is 4.99. The molecule has 0 heterocycles. The second-order valence-corrected chi connectivity index (χ2v) is 7.09. The molecule has 0 aromatic heterocycles. The summed E-state index contributed by atoms with van der Waals surface area (Å²) in [4.78, 5) is 0. The Balaban J connectivity index is 1.77. The van der Waals surface area contributed by atoms with Gasteiger partial charge in [-0.15, -0.1) is 0 Å². The lowest BCUT2D eigenvalue weighted by Gasteiger charge is -2.23. The Hall–Kier alpha value is -2.02. The Kier molecular flexibility index (Phi) is 6.03.